The number of aromatic nitrogens is 2. The highest BCUT2D eigenvalue weighted by molar-refractivity contribution is 14.1. The third-order valence-corrected chi connectivity index (χ3v) is 3.60. The predicted molar refractivity (Wildman–Crippen MR) is 86.3 cm³/mol. The van der Waals surface area contributed by atoms with Crippen LogP contribution in [0.4, 0.5) is 5.82 Å². The first kappa shape index (κ1) is 15.7. The summed E-state index contributed by atoms with van der Waals surface area (Å²) >= 11 is 2.35. The zero-order valence-electron chi connectivity index (χ0n) is 12.5. The Hall–Kier alpha value is -0.390. The Bertz CT molecular complexity index is 428. The van der Waals surface area contributed by atoms with Gasteiger partial charge in [-0.25, -0.2) is 9.97 Å². The summed E-state index contributed by atoms with van der Waals surface area (Å²) in [6, 6.07) is 0. The molecule has 0 atom stereocenters. The maximum atomic E-state index is 4.80. The molecule has 18 heavy (non-hydrogen) atoms. The molecule has 4 heteroatoms. The number of hydrogen-bond acceptors (Lipinski definition) is 3. The lowest BCUT2D eigenvalue weighted by molar-refractivity contribution is 0.511. The second-order valence-corrected chi connectivity index (χ2v) is 7.67. The van der Waals surface area contributed by atoms with Crippen LogP contribution in [-0.2, 0) is 10.8 Å². The van der Waals surface area contributed by atoms with Gasteiger partial charge in [0.2, 0.25) is 0 Å². The van der Waals surface area contributed by atoms with Crippen LogP contribution in [0.2, 0.25) is 0 Å². The van der Waals surface area contributed by atoms with Gasteiger partial charge in [0.25, 0.3) is 0 Å². The number of nitrogens with zero attached hydrogens (tertiary/aromatic N) is 2. The first-order chi connectivity index (χ1) is 8.07. The monoisotopic (exact) mass is 361 g/mol. The molecule has 0 aliphatic carbocycles. The fourth-order valence-corrected chi connectivity index (χ4v) is 2.81. The standard InChI is InChI=1S/C14H24IN3/c1-8-16-11-9(15)10(13(2,3)4)17-12(18-11)14(5,6)7/h8H2,1-7H3,(H,16,17,18). The summed E-state index contributed by atoms with van der Waals surface area (Å²) < 4.78 is 1.13. The summed E-state index contributed by atoms with van der Waals surface area (Å²) in [7, 11) is 0. The van der Waals surface area contributed by atoms with Gasteiger partial charge in [-0.3, -0.25) is 0 Å². The average molecular weight is 361 g/mol. The molecule has 0 fully saturated rings. The largest absolute Gasteiger partial charge is 0.369 e. The molecule has 0 saturated carbocycles. The van der Waals surface area contributed by atoms with Gasteiger partial charge in [0, 0.05) is 17.4 Å². The van der Waals surface area contributed by atoms with Gasteiger partial charge < -0.3 is 5.32 Å². The van der Waals surface area contributed by atoms with Crippen molar-refractivity contribution in [2.75, 3.05) is 11.9 Å². The fourth-order valence-electron chi connectivity index (χ4n) is 1.56. The van der Waals surface area contributed by atoms with Crippen molar-refractivity contribution < 1.29 is 0 Å². The summed E-state index contributed by atoms with van der Waals surface area (Å²) in [6.07, 6.45) is 0. The number of halogens is 1. The van der Waals surface area contributed by atoms with Crippen molar-refractivity contribution in [3.8, 4) is 0 Å². The van der Waals surface area contributed by atoms with E-state index >= 15 is 0 Å². The quantitative estimate of drug-likeness (QED) is 0.806. The number of anilines is 1. The summed E-state index contributed by atoms with van der Waals surface area (Å²) in [4.78, 5) is 9.48. The molecule has 0 saturated heterocycles. The molecule has 0 radical (unpaired) electrons. The third kappa shape index (κ3) is 3.56. The minimum Gasteiger partial charge on any atom is -0.369 e. The van der Waals surface area contributed by atoms with E-state index in [1.165, 1.54) is 0 Å². The van der Waals surface area contributed by atoms with Crippen LogP contribution in [0.3, 0.4) is 0 Å². The van der Waals surface area contributed by atoms with Gasteiger partial charge in [-0.1, -0.05) is 41.5 Å². The first-order valence-electron chi connectivity index (χ1n) is 6.39. The number of nitrogens with one attached hydrogen (secondary N) is 1. The van der Waals surface area contributed by atoms with Gasteiger partial charge in [-0.05, 0) is 29.5 Å². The van der Waals surface area contributed by atoms with E-state index in [1.54, 1.807) is 0 Å². The summed E-state index contributed by atoms with van der Waals surface area (Å²) in [5.41, 5.74) is 1.12. The lowest BCUT2D eigenvalue weighted by Crippen LogP contribution is -2.24. The van der Waals surface area contributed by atoms with Crippen molar-refractivity contribution in [1.29, 1.82) is 0 Å². The molecule has 0 bridgehead atoms. The summed E-state index contributed by atoms with van der Waals surface area (Å²) in [5, 5.41) is 3.34. The van der Waals surface area contributed by atoms with Crippen LogP contribution in [-0.4, -0.2) is 16.5 Å². The predicted octanol–water partition coefficient (Wildman–Crippen LogP) is 4.11. The van der Waals surface area contributed by atoms with Crippen LogP contribution in [0.25, 0.3) is 0 Å². The highest BCUT2D eigenvalue weighted by Gasteiger charge is 2.26. The molecular weight excluding hydrogens is 337 g/mol. The van der Waals surface area contributed by atoms with Crippen LogP contribution in [0, 0.1) is 3.57 Å². The smallest absolute Gasteiger partial charge is 0.143 e. The number of hydrogen-bond donors (Lipinski definition) is 1. The van der Waals surface area contributed by atoms with Crippen molar-refractivity contribution >= 4 is 28.4 Å². The van der Waals surface area contributed by atoms with E-state index in [-0.39, 0.29) is 10.8 Å². The molecule has 1 aromatic heterocycles. The molecule has 0 unspecified atom stereocenters. The van der Waals surface area contributed by atoms with Gasteiger partial charge in [0.05, 0.1) is 9.26 Å². The maximum Gasteiger partial charge on any atom is 0.143 e. The molecule has 1 N–H and O–H groups in total. The molecule has 0 spiro atoms. The molecule has 1 rings (SSSR count). The SMILES string of the molecule is CCNc1nc(C(C)(C)C)nc(C(C)(C)C)c1I. The van der Waals surface area contributed by atoms with E-state index < -0.39 is 0 Å². The number of rotatable bonds is 2. The molecular formula is C14H24IN3. The lowest BCUT2D eigenvalue weighted by atomic mass is 9.90. The van der Waals surface area contributed by atoms with Gasteiger partial charge in [-0.15, -0.1) is 0 Å². The first-order valence-corrected chi connectivity index (χ1v) is 7.47. The topological polar surface area (TPSA) is 37.8 Å². The Morgan fingerprint density at radius 1 is 1.00 bits per heavy atom. The van der Waals surface area contributed by atoms with Gasteiger partial charge in [0.15, 0.2) is 0 Å². The highest BCUT2D eigenvalue weighted by atomic mass is 127. The van der Waals surface area contributed by atoms with Crippen LogP contribution in [0.1, 0.15) is 60.0 Å². The Morgan fingerprint density at radius 2 is 1.56 bits per heavy atom. The van der Waals surface area contributed by atoms with Crippen molar-refractivity contribution in [1.82, 2.24) is 9.97 Å². The van der Waals surface area contributed by atoms with E-state index in [9.17, 15) is 0 Å². The second kappa shape index (κ2) is 5.31. The van der Waals surface area contributed by atoms with E-state index in [0.717, 1.165) is 27.5 Å². The molecule has 0 aliphatic rings. The molecule has 102 valence electrons. The van der Waals surface area contributed by atoms with E-state index in [4.69, 9.17) is 4.98 Å². The molecule has 3 nitrogen and oxygen atoms in total. The Labute approximate surface area is 124 Å². The van der Waals surface area contributed by atoms with Crippen LogP contribution in [0.5, 0.6) is 0 Å². The van der Waals surface area contributed by atoms with Crippen LogP contribution < -0.4 is 5.32 Å². The van der Waals surface area contributed by atoms with Gasteiger partial charge in [0.1, 0.15) is 11.6 Å². The molecule has 0 aromatic carbocycles. The minimum atomic E-state index is -0.0332. The molecule has 1 heterocycles. The van der Waals surface area contributed by atoms with Gasteiger partial charge in [-0.2, -0.15) is 0 Å². The van der Waals surface area contributed by atoms with Crippen molar-refractivity contribution in [2.45, 2.75) is 59.3 Å². The molecule has 0 amide bonds. The summed E-state index contributed by atoms with van der Waals surface area (Å²) in [6.45, 7) is 16.0. The summed E-state index contributed by atoms with van der Waals surface area (Å²) in [5.74, 6) is 1.87. The Morgan fingerprint density at radius 3 is 1.94 bits per heavy atom. The van der Waals surface area contributed by atoms with Gasteiger partial charge >= 0.3 is 0 Å². The van der Waals surface area contributed by atoms with E-state index in [2.05, 4.69) is 81.4 Å². The Kier molecular flexibility index (Phi) is 4.62. The molecule has 0 aliphatic heterocycles. The van der Waals surface area contributed by atoms with Crippen LogP contribution >= 0.6 is 22.6 Å². The molecule has 1 aromatic rings. The lowest BCUT2D eigenvalue weighted by Gasteiger charge is -2.25. The van der Waals surface area contributed by atoms with Crippen LogP contribution in [0.15, 0.2) is 0 Å². The van der Waals surface area contributed by atoms with Crippen molar-refractivity contribution in [3.63, 3.8) is 0 Å². The van der Waals surface area contributed by atoms with Crippen molar-refractivity contribution in [2.24, 2.45) is 0 Å². The zero-order chi connectivity index (χ0) is 14.1. The minimum absolute atomic E-state index is 0.0314. The Balaban J connectivity index is 3.47. The normalized spacial score (nSPS) is 12.7. The van der Waals surface area contributed by atoms with Crippen molar-refractivity contribution in [3.05, 3.63) is 15.1 Å². The maximum absolute atomic E-state index is 4.80. The second-order valence-electron chi connectivity index (χ2n) is 6.59. The third-order valence-electron chi connectivity index (χ3n) is 2.58. The zero-order valence-corrected chi connectivity index (χ0v) is 14.6. The van der Waals surface area contributed by atoms with E-state index in [1.807, 2.05) is 0 Å². The fraction of sp³-hybridized carbons (Fsp3) is 0.714. The highest BCUT2D eigenvalue weighted by Crippen LogP contribution is 2.31. The average Bonchev–Trinajstić information content (AvgIpc) is 2.17. The van der Waals surface area contributed by atoms with E-state index in [0.29, 0.717) is 0 Å².